The molecular formula is C13H20F2N2S. The van der Waals surface area contributed by atoms with Gasteiger partial charge in [0.1, 0.15) is 0 Å². The lowest BCUT2D eigenvalue weighted by atomic mass is 10.1. The summed E-state index contributed by atoms with van der Waals surface area (Å²) in [7, 11) is 0. The Morgan fingerprint density at radius 3 is 2.61 bits per heavy atom. The first-order valence-electron chi connectivity index (χ1n) is 6.01. The maximum absolute atomic E-state index is 13.5. The van der Waals surface area contributed by atoms with Gasteiger partial charge in [-0.1, -0.05) is 26.0 Å². The third-order valence-corrected chi connectivity index (χ3v) is 4.04. The average Bonchev–Trinajstić information content (AvgIpc) is 2.33. The van der Waals surface area contributed by atoms with Crippen molar-refractivity contribution in [3.63, 3.8) is 0 Å². The van der Waals surface area contributed by atoms with Crippen molar-refractivity contribution >= 4 is 11.8 Å². The molecule has 0 aliphatic heterocycles. The Bertz CT molecular complexity index is 372. The molecule has 0 heterocycles. The largest absolute Gasteiger partial charge is 0.271 e. The number of halogens is 2. The molecule has 2 nitrogen and oxygen atoms in total. The van der Waals surface area contributed by atoms with Crippen molar-refractivity contribution in [2.24, 2.45) is 11.8 Å². The number of hydrazine groups is 1. The minimum Gasteiger partial charge on any atom is -0.271 e. The number of benzene rings is 1. The molecule has 0 amide bonds. The molecule has 18 heavy (non-hydrogen) atoms. The van der Waals surface area contributed by atoms with Crippen LogP contribution in [0.3, 0.4) is 0 Å². The molecule has 1 aromatic rings. The molecule has 0 aliphatic rings. The van der Waals surface area contributed by atoms with Crippen LogP contribution in [0.4, 0.5) is 8.78 Å². The van der Waals surface area contributed by atoms with Crippen molar-refractivity contribution in [3.8, 4) is 0 Å². The van der Waals surface area contributed by atoms with E-state index in [4.69, 9.17) is 5.84 Å². The molecule has 0 bridgehead atoms. The van der Waals surface area contributed by atoms with Gasteiger partial charge in [-0.05, 0) is 29.7 Å². The van der Waals surface area contributed by atoms with E-state index in [1.807, 2.05) is 0 Å². The molecule has 5 heteroatoms. The number of nitrogens with one attached hydrogen (secondary N) is 1. The van der Waals surface area contributed by atoms with Crippen LogP contribution in [-0.4, -0.2) is 17.5 Å². The van der Waals surface area contributed by atoms with Gasteiger partial charge in [-0.15, -0.1) is 0 Å². The number of hydrogen-bond acceptors (Lipinski definition) is 3. The second-order valence-electron chi connectivity index (χ2n) is 4.71. The summed E-state index contributed by atoms with van der Waals surface area (Å²) in [5.74, 6) is 6.29. The summed E-state index contributed by atoms with van der Waals surface area (Å²) in [6.07, 6.45) is 0.394. The van der Waals surface area contributed by atoms with Crippen LogP contribution in [0.2, 0.25) is 0 Å². The minimum atomic E-state index is -0.807. The second-order valence-corrected chi connectivity index (χ2v) is 5.79. The van der Waals surface area contributed by atoms with Crippen LogP contribution in [0.25, 0.3) is 0 Å². The predicted molar refractivity (Wildman–Crippen MR) is 73.3 cm³/mol. The first kappa shape index (κ1) is 15.4. The summed E-state index contributed by atoms with van der Waals surface area (Å²) in [5.41, 5.74) is 3.02. The highest BCUT2D eigenvalue weighted by Gasteiger charge is 2.13. The zero-order chi connectivity index (χ0) is 13.5. The van der Waals surface area contributed by atoms with Gasteiger partial charge in [-0.25, -0.2) is 8.78 Å². The lowest BCUT2D eigenvalue weighted by Crippen LogP contribution is -2.39. The summed E-state index contributed by atoms with van der Waals surface area (Å²) in [6.45, 7) is 4.29. The average molecular weight is 274 g/mol. The maximum atomic E-state index is 13.5. The van der Waals surface area contributed by atoms with Crippen molar-refractivity contribution in [1.82, 2.24) is 5.43 Å². The van der Waals surface area contributed by atoms with Gasteiger partial charge < -0.3 is 0 Å². The van der Waals surface area contributed by atoms with Crippen LogP contribution in [0.15, 0.2) is 18.2 Å². The molecule has 1 atom stereocenters. The molecule has 0 saturated heterocycles. The van der Waals surface area contributed by atoms with E-state index in [0.717, 1.165) is 17.6 Å². The van der Waals surface area contributed by atoms with Crippen molar-refractivity contribution < 1.29 is 8.78 Å². The standard InChI is InChI=1S/C13H20F2N2S/c1-9(2)7-18-8-11(17-16)6-10-4-3-5-12(14)13(10)15/h3-5,9,11,17H,6-8,16H2,1-2H3. The highest BCUT2D eigenvalue weighted by molar-refractivity contribution is 7.99. The highest BCUT2D eigenvalue weighted by atomic mass is 32.2. The zero-order valence-corrected chi connectivity index (χ0v) is 11.6. The minimum absolute atomic E-state index is 0.0509. The topological polar surface area (TPSA) is 38.0 Å². The summed E-state index contributed by atoms with van der Waals surface area (Å²) in [4.78, 5) is 0. The van der Waals surface area contributed by atoms with Gasteiger partial charge >= 0.3 is 0 Å². The van der Waals surface area contributed by atoms with Gasteiger partial charge in [0.2, 0.25) is 0 Å². The van der Waals surface area contributed by atoms with Gasteiger partial charge in [-0.3, -0.25) is 11.3 Å². The fourth-order valence-corrected chi connectivity index (χ4v) is 2.69. The SMILES string of the molecule is CC(C)CSCC(Cc1cccc(F)c1F)NN. The van der Waals surface area contributed by atoms with Crippen LogP contribution in [0.5, 0.6) is 0 Å². The van der Waals surface area contributed by atoms with Gasteiger partial charge in [0.15, 0.2) is 11.6 Å². The van der Waals surface area contributed by atoms with Crippen LogP contribution in [0, 0.1) is 17.6 Å². The van der Waals surface area contributed by atoms with Crippen LogP contribution >= 0.6 is 11.8 Å². The Morgan fingerprint density at radius 2 is 2.00 bits per heavy atom. The predicted octanol–water partition coefficient (Wildman–Crippen LogP) is 2.73. The molecule has 1 unspecified atom stereocenters. The summed E-state index contributed by atoms with van der Waals surface area (Å²) >= 11 is 1.76. The van der Waals surface area contributed by atoms with E-state index in [1.165, 1.54) is 6.07 Å². The Kier molecular flexibility index (Phi) is 6.60. The maximum Gasteiger partial charge on any atom is 0.162 e. The fraction of sp³-hybridized carbons (Fsp3) is 0.538. The smallest absolute Gasteiger partial charge is 0.162 e. The zero-order valence-electron chi connectivity index (χ0n) is 10.7. The van der Waals surface area contributed by atoms with E-state index in [-0.39, 0.29) is 6.04 Å². The molecule has 0 aromatic heterocycles. The Labute approximate surface area is 111 Å². The van der Waals surface area contributed by atoms with E-state index >= 15 is 0 Å². The molecule has 0 saturated carbocycles. The normalized spacial score (nSPS) is 13.0. The number of thioether (sulfide) groups is 1. The quantitative estimate of drug-likeness (QED) is 0.593. The Morgan fingerprint density at radius 1 is 1.28 bits per heavy atom. The Hall–Kier alpha value is -0.650. The Balaban J connectivity index is 2.54. The molecule has 3 N–H and O–H groups in total. The van der Waals surface area contributed by atoms with Crippen molar-refractivity contribution in [1.29, 1.82) is 0 Å². The van der Waals surface area contributed by atoms with Gasteiger partial charge in [-0.2, -0.15) is 11.8 Å². The van der Waals surface area contributed by atoms with E-state index in [0.29, 0.717) is 17.9 Å². The number of nitrogens with two attached hydrogens (primary N) is 1. The van der Waals surface area contributed by atoms with Crippen LogP contribution in [0.1, 0.15) is 19.4 Å². The van der Waals surface area contributed by atoms with Crippen LogP contribution in [-0.2, 0) is 6.42 Å². The first-order valence-corrected chi connectivity index (χ1v) is 7.16. The highest BCUT2D eigenvalue weighted by Crippen LogP contribution is 2.16. The molecule has 0 spiro atoms. The molecule has 0 radical (unpaired) electrons. The number of hydrogen-bond donors (Lipinski definition) is 2. The van der Waals surface area contributed by atoms with E-state index in [9.17, 15) is 8.78 Å². The van der Waals surface area contributed by atoms with Crippen molar-refractivity contribution in [2.75, 3.05) is 11.5 Å². The van der Waals surface area contributed by atoms with Crippen molar-refractivity contribution in [2.45, 2.75) is 26.3 Å². The molecular weight excluding hydrogens is 254 g/mol. The van der Waals surface area contributed by atoms with Crippen molar-refractivity contribution in [3.05, 3.63) is 35.4 Å². The molecule has 1 rings (SSSR count). The molecule has 1 aromatic carbocycles. The fourth-order valence-electron chi connectivity index (χ4n) is 1.58. The van der Waals surface area contributed by atoms with Gasteiger partial charge in [0, 0.05) is 11.8 Å². The number of rotatable bonds is 7. The van der Waals surface area contributed by atoms with Crippen LogP contribution < -0.4 is 11.3 Å². The third-order valence-electron chi connectivity index (χ3n) is 2.50. The van der Waals surface area contributed by atoms with E-state index < -0.39 is 11.6 Å². The van der Waals surface area contributed by atoms with Gasteiger partial charge in [0.25, 0.3) is 0 Å². The lowest BCUT2D eigenvalue weighted by Gasteiger charge is -2.16. The molecule has 102 valence electrons. The summed E-state index contributed by atoms with van der Waals surface area (Å²) in [5, 5.41) is 0. The lowest BCUT2D eigenvalue weighted by molar-refractivity contribution is 0.486. The third kappa shape index (κ3) is 4.92. The molecule has 0 aliphatic carbocycles. The monoisotopic (exact) mass is 274 g/mol. The van der Waals surface area contributed by atoms with Gasteiger partial charge in [0.05, 0.1) is 0 Å². The second kappa shape index (κ2) is 7.71. The molecule has 0 fully saturated rings. The summed E-state index contributed by atoms with van der Waals surface area (Å²) < 4.78 is 26.6. The summed E-state index contributed by atoms with van der Waals surface area (Å²) in [6, 6.07) is 4.18. The van der Waals surface area contributed by atoms with E-state index in [2.05, 4.69) is 19.3 Å². The van der Waals surface area contributed by atoms with E-state index in [1.54, 1.807) is 17.8 Å². The first-order chi connectivity index (χ1) is 8.54.